The van der Waals surface area contributed by atoms with Crippen LogP contribution in [0.4, 0.5) is 0 Å². The SMILES string of the molecule is CC(=O)O[N+]1(C(C)=O)CCCCC1. The van der Waals surface area contributed by atoms with E-state index in [4.69, 9.17) is 4.84 Å². The lowest BCUT2D eigenvalue weighted by Gasteiger charge is -2.33. The van der Waals surface area contributed by atoms with E-state index in [9.17, 15) is 9.59 Å². The first-order chi connectivity index (χ1) is 6.07. The average Bonchev–Trinajstić information content (AvgIpc) is 2.04. The Balaban J connectivity index is 2.73. The molecule has 0 aromatic rings. The Labute approximate surface area is 78.0 Å². The Hall–Kier alpha value is -0.900. The zero-order chi connectivity index (χ0) is 9.90. The van der Waals surface area contributed by atoms with E-state index in [0.717, 1.165) is 19.3 Å². The number of hydrogen-bond donors (Lipinski definition) is 0. The molecule has 1 rings (SSSR count). The van der Waals surface area contributed by atoms with Gasteiger partial charge in [0.05, 0.1) is 6.92 Å². The van der Waals surface area contributed by atoms with E-state index in [1.165, 1.54) is 13.8 Å². The fourth-order valence-corrected chi connectivity index (χ4v) is 1.74. The van der Waals surface area contributed by atoms with Crippen LogP contribution >= 0.6 is 0 Å². The summed E-state index contributed by atoms with van der Waals surface area (Å²) in [6.07, 6.45) is 3.02. The molecule has 0 aliphatic carbocycles. The maximum Gasteiger partial charge on any atom is 0.364 e. The summed E-state index contributed by atoms with van der Waals surface area (Å²) in [5.74, 6) is -0.452. The van der Waals surface area contributed by atoms with Crippen LogP contribution in [0.15, 0.2) is 0 Å². The first-order valence-corrected chi connectivity index (χ1v) is 4.65. The number of quaternary nitrogens is 1. The summed E-state index contributed by atoms with van der Waals surface area (Å²) in [5.41, 5.74) is 0. The second-order valence-electron chi connectivity index (χ2n) is 3.50. The van der Waals surface area contributed by atoms with Crippen LogP contribution in [0.1, 0.15) is 33.1 Å². The highest BCUT2D eigenvalue weighted by Gasteiger charge is 2.39. The topological polar surface area (TPSA) is 43.4 Å². The zero-order valence-corrected chi connectivity index (χ0v) is 8.21. The summed E-state index contributed by atoms with van der Waals surface area (Å²) < 4.78 is -0.102. The highest BCUT2D eigenvalue weighted by molar-refractivity contribution is 5.69. The largest absolute Gasteiger partial charge is 0.364 e. The Morgan fingerprint density at radius 1 is 1.08 bits per heavy atom. The Bertz CT molecular complexity index is 219. The van der Waals surface area contributed by atoms with Crippen molar-refractivity contribution in [2.24, 2.45) is 0 Å². The monoisotopic (exact) mass is 186 g/mol. The third-order valence-electron chi connectivity index (χ3n) is 2.42. The Kier molecular flexibility index (Phi) is 3.03. The van der Waals surface area contributed by atoms with Crippen LogP contribution in [0.25, 0.3) is 0 Å². The summed E-state index contributed by atoms with van der Waals surface area (Å²) in [7, 11) is 0. The number of hydrogen-bond acceptors (Lipinski definition) is 3. The molecular weight excluding hydrogens is 170 g/mol. The molecular formula is C9H16NO3+. The van der Waals surface area contributed by atoms with E-state index in [-0.39, 0.29) is 16.5 Å². The standard InChI is InChI=1S/C9H16NO3/c1-8(11)10(13-9(2)12)6-4-3-5-7-10/h3-7H2,1-2H3/q+1. The average molecular weight is 186 g/mol. The van der Waals surface area contributed by atoms with Gasteiger partial charge in [0.15, 0.2) is 0 Å². The molecule has 1 fully saturated rings. The van der Waals surface area contributed by atoms with Crippen LogP contribution in [-0.4, -0.2) is 29.6 Å². The molecule has 4 heteroatoms. The number of carbonyl (C=O) groups excluding carboxylic acids is 2. The minimum atomic E-state index is -0.378. The van der Waals surface area contributed by atoms with Gasteiger partial charge in [-0.1, -0.05) is 4.65 Å². The van der Waals surface area contributed by atoms with Crippen molar-refractivity contribution in [3.63, 3.8) is 0 Å². The quantitative estimate of drug-likeness (QED) is 0.530. The predicted molar refractivity (Wildman–Crippen MR) is 46.3 cm³/mol. The zero-order valence-electron chi connectivity index (χ0n) is 8.21. The molecule has 1 aliphatic rings. The molecule has 0 saturated carbocycles. The van der Waals surface area contributed by atoms with Gasteiger partial charge in [-0.3, -0.25) is 4.84 Å². The molecule has 0 N–H and O–H groups in total. The number of amides is 1. The summed E-state index contributed by atoms with van der Waals surface area (Å²) in [5, 5.41) is 0. The maximum absolute atomic E-state index is 11.4. The second-order valence-corrected chi connectivity index (χ2v) is 3.50. The molecule has 0 aromatic heterocycles. The third kappa shape index (κ3) is 2.28. The van der Waals surface area contributed by atoms with Crippen molar-refractivity contribution in [1.82, 2.24) is 0 Å². The van der Waals surface area contributed by atoms with Crippen LogP contribution in [0.2, 0.25) is 0 Å². The van der Waals surface area contributed by atoms with Crippen LogP contribution in [0.3, 0.4) is 0 Å². The molecule has 1 aliphatic heterocycles. The molecule has 0 atom stereocenters. The normalized spacial score (nSPS) is 20.8. The summed E-state index contributed by atoms with van der Waals surface area (Å²) in [6, 6.07) is 0. The third-order valence-corrected chi connectivity index (χ3v) is 2.42. The van der Waals surface area contributed by atoms with Crippen molar-refractivity contribution < 1.29 is 19.1 Å². The number of rotatable bonds is 0. The van der Waals surface area contributed by atoms with Gasteiger partial charge in [0.25, 0.3) is 0 Å². The van der Waals surface area contributed by atoms with Gasteiger partial charge in [0.1, 0.15) is 13.1 Å². The number of hydroxylamine groups is 3. The van der Waals surface area contributed by atoms with Crippen molar-refractivity contribution in [3.05, 3.63) is 0 Å². The van der Waals surface area contributed by atoms with Gasteiger partial charge in [-0.2, -0.15) is 0 Å². The van der Waals surface area contributed by atoms with Crippen LogP contribution in [-0.2, 0) is 14.4 Å². The highest BCUT2D eigenvalue weighted by atomic mass is 16.8. The molecule has 0 spiro atoms. The number of likely N-dealkylation sites (tertiary alicyclic amines) is 1. The number of piperidine rings is 1. The van der Waals surface area contributed by atoms with Gasteiger partial charge in [0.2, 0.25) is 0 Å². The fourth-order valence-electron chi connectivity index (χ4n) is 1.74. The number of nitrogens with zero attached hydrogens (tertiary/aromatic N) is 1. The van der Waals surface area contributed by atoms with E-state index in [0.29, 0.717) is 13.1 Å². The summed E-state index contributed by atoms with van der Waals surface area (Å²) in [6.45, 7) is 4.09. The van der Waals surface area contributed by atoms with Crippen LogP contribution in [0, 0.1) is 0 Å². The summed E-state index contributed by atoms with van der Waals surface area (Å²) in [4.78, 5) is 27.3. The van der Waals surface area contributed by atoms with Gasteiger partial charge in [-0.15, -0.1) is 0 Å². The first kappa shape index (κ1) is 10.2. The lowest BCUT2D eigenvalue weighted by atomic mass is 10.1. The molecule has 0 radical (unpaired) electrons. The maximum atomic E-state index is 11.4. The van der Waals surface area contributed by atoms with Crippen molar-refractivity contribution in [2.75, 3.05) is 13.1 Å². The van der Waals surface area contributed by atoms with Crippen LogP contribution < -0.4 is 0 Å². The van der Waals surface area contributed by atoms with E-state index >= 15 is 0 Å². The van der Waals surface area contributed by atoms with E-state index < -0.39 is 0 Å². The minimum Gasteiger partial charge on any atom is -0.269 e. The van der Waals surface area contributed by atoms with E-state index in [1.807, 2.05) is 0 Å². The van der Waals surface area contributed by atoms with Gasteiger partial charge < -0.3 is 0 Å². The molecule has 74 valence electrons. The second kappa shape index (κ2) is 3.87. The predicted octanol–water partition coefficient (Wildman–Crippen LogP) is 1.01. The van der Waals surface area contributed by atoms with Crippen molar-refractivity contribution in [2.45, 2.75) is 33.1 Å². The van der Waals surface area contributed by atoms with Crippen molar-refractivity contribution in [1.29, 1.82) is 0 Å². The fraction of sp³-hybridized carbons (Fsp3) is 0.778. The van der Waals surface area contributed by atoms with E-state index in [2.05, 4.69) is 0 Å². The lowest BCUT2D eigenvalue weighted by molar-refractivity contribution is -1.03. The molecule has 1 saturated heterocycles. The van der Waals surface area contributed by atoms with Gasteiger partial charge in [-0.25, -0.2) is 9.59 Å². The highest BCUT2D eigenvalue weighted by Crippen LogP contribution is 2.20. The molecule has 1 heterocycles. The lowest BCUT2D eigenvalue weighted by Crippen LogP contribution is -2.55. The molecule has 1 amide bonds. The van der Waals surface area contributed by atoms with Gasteiger partial charge in [0, 0.05) is 19.8 Å². The van der Waals surface area contributed by atoms with Crippen LogP contribution in [0.5, 0.6) is 0 Å². The minimum absolute atomic E-state index is 0.0742. The molecule has 0 bridgehead atoms. The van der Waals surface area contributed by atoms with Gasteiger partial charge in [-0.05, 0) is 6.42 Å². The number of carbonyl (C=O) groups is 2. The molecule has 0 aromatic carbocycles. The molecule has 13 heavy (non-hydrogen) atoms. The Morgan fingerprint density at radius 2 is 1.62 bits per heavy atom. The first-order valence-electron chi connectivity index (χ1n) is 4.65. The molecule has 0 unspecified atom stereocenters. The van der Waals surface area contributed by atoms with Gasteiger partial charge >= 0.3 is 11.9 Å². The van der Waals surface area contributed by atoms with E-state index in [1.54, 1.807) is 0 Å². The Morgan fingerprint density at radius 3 is 2.00 bits per heavy atom. The van der Waals surface area contributed by atoms with Crippen molar-refractivity contribution >= 4 is 11.9 Å². The molecule has 4 nitrogen and oxygen atoms in total. The summed E-state index contributed by atoms with van der Waals surface area (Å²) >= 11 is 0. The smallest absolute Gasteiger partial charge is 0.269 e. The van der Waals surface area contributed by atoms with Crippen molar-refractivity contribution in [3.8, 4) is 0 Å².